The summed E-state index contributed by atoms with van der Waals surface area (Å²) in [6, 6.07) is 14.0. The first-order valence-corrected chi connectivity index (χ1v) is 9.91. The second-order valence-corrected chi connectivity index (χ2v) is 7.68. The van der Waals surface area contributed by atoms with Crippen LogP contribution in [0, 0.1) is 21.4 Å². The smallest absolute Gasteiger partial charge is 0.270 e. The Morgan fingerprint density at radius 1 is 1.14 bits per heavy atom. The third kappa shape index (κ3) is 5.84. The minimum absolute atomic E-state index is 0.0340. The average Bonchev–Trinajstić information content (AvgIpc) is 2.71. The third-order valence-corrected chi connectivity index (χ3v) is 5.42. The van der Waals surface area contributed by atoms with Gasteiger partial charge in [-0.1, -0.05) is 12.1 Å². The molecule has 29 heavy (non-hydrogen) atoms. The van der Waals surface area contributed by atoms with Crippen molar-refractivity contribution in [3.8, 4) is 6.07 Å². The fourth-order valence-corrected chi connectivity index (χ4v) is 3.63. The first-order chi connectivity index (χ1) is 13.9. The van der Waals surface area contributed by atoms with Gasteiger partial charge in [0.25, 0.3) is 5.69 Å². The van der Waals surface area contributed by atoms with Crippen molar-refractivity contribution in [2.45, 2.75) is 6.54 Å². The number of hydrogen-bond acceptors (Lipinski definition) is 6. The van der Waals surface area contributed by atoms with E-state index in [1.165, 1.54) is 23.8 Å². The Labute approximate surface area is 177 Å². The molecule has 0 bridgehead atoms. The number of carbonyl (C=O) groups excluding carboxylic acids is 1. The minimum atomic E-state index is -0.478. The van der Waals surface area contributed by atoms with E-state index in [-0.39, 0.29) is 18.1 Å². The van der Waals surface area contributed by atoms with Crippen LogP contribution in [0.4, 0.5) is 11.4 Å². The average molecular weight is 458 g/mol. The van der Waals surface area contributed by atoms with Gasteiger partial charge >= 0.3 is 0 Å². The number of non-ortho nitro benzene ring substituents is 1. The molecule has 0 atom stereocenters. The second kappa shape index (κ2) is 9.60. The van der Waals surface area contributed by atoms with Crippen molar-refractivity contribution in [3.63, 3.8) is 0 Å². The molecule has 0 saturated carbocycles. The highest BCUT2D eigenvalue weighted by Gasteiger charge is 2.20. The minimum Gasteiger partial charge on any atom is -0.324 e. The Morgan fingerprint density at radius 2 is 1.79 bits per heavy atom. The van der Waals surface area contributed by atoms with Gasteiger partial charge in [-0.3, -0.25) is 24.7 Å². The molecule has 1 heterocycles. The van der Waals surface area contributed by atoms with Crippen molar-refractivity contribution >= 4 is 33.2 Å². The molecule has 1 saturated heterocycles. The number of benzene rings is 2. The topological polar surface area (TPSA) is 103 Å². The summed E-state index contributed by atoms with van der Waals surface area (Å²) in [5, 5.41) is 22.5. The molecule has 1 aliphatic heterocycles. The standard InChI is InChI=1S/C20H20BrN5O3/c21-18-11-17(26(28)29)5-6-19(18)23-20(27)14-25-9-7-24(8-10-25)13-16-3-1-15(12-22)2-4-16/h1-6,11H,7-10,13-14H2,(H,23,27). The molecule has 1 aliphatic rings. The summed E-state index contributed by atoms with van der Waals surface area (Å²) >= 11 is 3.26. The number of nitro benzene ring substituents is 1. The molecule has 8 nitrogen and oxygen atoms in total. The largest absolute Gasteiger partial charge is 0.324 e. The number of nitrogens with one attached hydrogen (secondary N) is 1. The van der Waals surface area contributed by atoms with Crippen LogP contribution in [0.3, 0.4) is 0 Å². The van der Waals surface area contributed by atoms with Crippen LogP contribution >= 0.6 is 15.9 Å². The Kier molecular flexibility index (Phi) is 6.93. The number of nitrogens with zero attached hydrogens (tertiary/aromatic N) is 4. The second-order valence-electron chi connectivity index (χ2n) is 6.83. The number of nitro groups is 1. The van der Waals surface area contributed by atoms with E-state index < -0.39 is 4.92 Å². The molecule has 150 valence electrons. The van der Waals surface area contributed by atoms with E-state index >= 15 is 0 Å². The van der Waals surface area contributed by atoms with E-state index in [4.69, 9.17) is 5.26 Å². The monoisotopic (exact) mass is 457 g/mol. The van der Waals surface area contributed by atoms with Gasteiger partial charge in [-0.25, -0.2) is 0 Å². The Hall–Kier alpha value is -2.80. The lowest BCUT2D eigenvalue weighted by Gasteiger charge is -2.34. The number of carbonyl (C=O) groups is 1. The molecule has 1 amide bonds. The number of anilines is 1. The van der Waals surface area contributed by atoms with Crippen molar-refractivity contribution in [2.75, 3.05) is 38.0 Å². The van der Waals surface area contributed by atoms with Gasteiger partial charge in [0.05, 0.1) is 28.8 Å². The van der Waals surface area contributed by atoms with Crippen LogP contribution in [0.25, 0.3) is 0 Å². The van der Waals surface area contributed by atoms with E-state index in [0.717, 1.165) is 32.7 Å². The van der Waals surface area contributed by atoms with E-state index in [2.05, 4.69) is 37.1 Å². The summed E-state index contributed by atoms with van der Waals surface area (Å²) in [5.41, 5.74) is 2.30. The number of amides is 1. The zero-order valence-corrected chi connectivity index (χ0v) is 17.3. The van der Waals surface area contributed by atoms with E-state index in [1.807, 2.05) is 24.3 Å². The first kappa shape index (κ1) is 20.9. The molecular weight excluding hydrogens is 438 g/mol. The number of rotatable bonds is 6. The number of hydrogen-bond donors (Lipinski definition) is 1. The predicted molar refractivity (Wildman–Crippen MR) is 112 cm³/mol. The van der Waals surface area contributed by atoms with Crippen LogP contribution in [-0.2, 0) is 11.3 Å². The summed E-state index contributed by atoms with van der Waals surface area (Å²) in [6.45, 7) is 4.37. The van der Waals surface area contributed by atoms with Crippen LogP contribution in [0.1, 0.15) is 11.1 Å². The summed E-state index contributed by atoms with van der Waals surface area (Å²) < 4.78 is 0.479. The summed E-state index contributed by atoms with van der Waals surface area (Å²) in [6.07, 6.45) is 0. The number of nitriles is 1. The van der Waals surface area contributed by atoms with Gasteiger partial charge in [-0.2, -0.15) is 5.26 Å². The van der Waals surface area contributed by atoms with Crippen molar-refractivity contribution in [2.24, 2.45) is 0 Å². The highest BCUT2D eigenvalue weighted by atomic mass is 79.9. The highest BCUT2D eigenvalue weighted by Crippen LogP contribution is 2.27. The lowest BCUT2D eigenvalue weighted by Crippen LogP contribution is -2.48. The van der Waals surface area contributed by atoms with Crippen molar-refractivity contribution in [1.29, 1.82) is 5.26 Å². The van der Waals surface area contributed by atoms with Gasteiger partial charge in [0, 0.05) is 49.3 Å². The van der Waals surface area contributed by atoms with Crippen LogP contribution in [0.2, 0.25) is 0 Å². The van der Waals surface area contributed by atoms with E-state index in [1.54, 1.807) is 0 Å². The maximum atomic E-state index is 12.3. The van der Waals surface area contributed by atoms with E-state index in [0.29, 0.717) is 15.7 Å². The Balaban J connectivity index is 1.46. The van der Waals surface area contributed by atoms with Crippen LogP contribution < -0.4 is 5.32 Å². The molecule has 9 heteroatoms. The molecular formula is C20H20BrN5O3. The quantitative estimate of drug-likeness (QED) is 0.528. The van der Waals surface area contributed by atoms with Crippen LogP contribution in [0.15, 0.2) is 46.9 Å². The maximum absolute atomic E-state index is 12.3. The fraction of sp³-hybridized carbons (Fsp3) is 0.300. The SMILES string of the molecule is N#Cc1ccc(CN2CCN(CC(=O)Nc3ccc([N+](=O)[O-])cc3Br)CC2)cc1. The molecule has 1 fully saturated rings. The van der Waals surface area contributed by atoms with Gasteiger partial charge in [0.2, 0.25) is 5.91 Å². The van der Waals surface area contributed by atoms with Gasteiger partial charge in [-0.15, -0.1) is 0 Å². The normalized spacial score (nSPS) is 14.9. The zero-order valence-electron chi connectivity index (χ0n) is 15.7. The van der Waals surface area contributed by atoms with E-state index in [9.17, 15) is 14.9 Å². The van der Waals surface area contributed by atoms with Gasteiger partial charge < -0.3 is 5.32 Å². The molecule has 0 radical (unpaired) electrons. The molecule has 3 rings (SSSR count). The lowest BCUT2D eigenvalue weighted by molar-refractivity contribution is -0.384. The summed E-state index contributed by atoms with van der Waals surface area (Å²) in [4.78, 5) is 27.1. The van der Waals surface area contributed by atoms with Crippen LogP contribution in [0.5, 0.6) is 0 Å². The third-order valence-electron chi connectivity index (χ3n) is 4.76. The molecule has 2 aromatic rings. The van der Waals surface area contributed by atoms with Gasteiger partial charge in [0.1, 0.15) is 0 Å². The van der Waals surface area contributed by atoms with Crippen molar-refractivity contribution < 1.29 is 9.72 Å². The predicted octanol–water partition coefficient (Wildman–Crippen LogP) is 2.99. The van der Waals surface area contributed by atoms with Crippen molar-refractivity contribution in [3.05, 3.63) is 68.2 Å². The molecule has 0 aliphatic carbocycles. The first-order valence-electron chi connectivity index (χ1n) is 9.12. The molecule has 0 spiro atoms. The number of halogens is 1. The van der Waals surface area contributed by atoms with Gasteiger partial charge in [0.15, 0.2) is 0 Å². The van der Waals surface area contributed by atoms with Crippen LogP contribution in [-0.4, -0.2) is 53.4 Å². The maximum Gasteiger partial charge on any atom is 0.270 e. The molecule has 2 aromatic carbocycles. The molecule has 1 N–H and O–H groups in total. The summed E-state index contributed by atoms with van der Waals surface area (Å²) in [7, 11) is 0. The fourth-order valence-electron chi connectivity index (χ4n) is 3.16. The Bertz CT molecular complexity index is 934. The number of piperazine rings is 1. The van der Waals surface area contributed by atoms with Gasteiger partial charge in [-0.05, 0) is 39.7 Å². The lowest BCUT2D eigenvalue weighted by atomic mass is 10.1. The highest BCUT2D eigenvalue weighted by molar-refractivity contribution is 9.10. The summed E-state index contributed by atoms with van der Waals surface area (Å²) in [5.74, 6) is -0.153. The molecule has 0 unspecified atom stereocenters. The zero-order chi connectivity index (χ0) is 20.8. The van der Waals surface area contributed by atoms with Crippen molar-refractivity contribution in [1.82, 2.24) is 9.80 Å². The Morgan fingerprint density at radius 3 is 2.38 bits per heavy atom. The molecule has 0 aromatic heterocycles.